The predicted octanol–water partition coefficient (Wildman–Crippen LogP) is 2.01. The summed E-state index contributed by atoms with van der Waals surface area (Å²) >= 11 is 0. The van der Waals surface area contributed by atoms with Crippen LogP contribution in [0.1, 0.15) is 30.9 Å². The second-order valence-electron chi connectivity index (χ2n) is 5.16. The molecule has 1 aliphatic heterocycles. The zero-order chi connectivity index (χ0) is 13.0. The molecule has 0 radical (unpaired) electrons. The molecule has 1 aromatic carbocycles. The van der Waals surface area contributed by atoms with Crippen molar-refractivity contribution < 1.29 is 5.21 Å². The summed E-state index contributed by atoms with van der Waals surface area (Å²) in [6.45, 7) is 5.67. The fourth-order valence-corrected chi connectivity index (χ4v) is 2.53. The van der Waals surface area contributed by atoms with E-state index in [1.807, 2.05) is 24.3 Å². The van der Waals surface area contributed by atoms with Crippen molar-refractivity contribution in [1.82, 2.24) is 4.90 Å². The molecule has 4 nitrogen and oxygen atoms in total. The summed E-state index contributed by atoms with van der Waals surface area (Å²) in [5.41, 5.74) is 7.57. The highest BCUT2D eigenvalue weighted by Gasteiger charge is 2.16. The largest absolute Gasteiger partial charge is 0.409 e. The van der Waals surface area contributed by atoms with E-state index in [1.54, 1.807) is 0 Å². The molecule has 3 N–H and O–H groups in total. The van der Waals surface area contributed by atoms with E-state index in [9.17, 15) is 0 Å². The number of benzene rings is 1. The Labute approximate surface area is 108 Å². The lowest BCUT2D eigenvalue weighted by molar-refractivity contribution is 0.176. The molecule has 0 bridgehead atoms. The Balaban J connectivity index is 1.97. The quantitative estimate of drug-likeness (QED) is 0.372. The third-order valence-electron chi connectivity index (χ3n) is 3.50. The van der Waals surface area contributed by atoms with Crippen LogP contribution in [-0.4, -0.2) is 29.0 Å². The van der Waals surface area contributed by atoms with Crippen molar-refractivity contribution in [3.8, 4) is 0 Å². The number of rotatable bonds is 3. The van der Waals surface area contributed by atoms with Crippen molar-refractivity contribution in [2.75, 3.05) is 13.1 Å². The van der Waals surface area contributed by atoms with Crippen LogP contribution in [-0.2, 0) is 6.54 Å². The average molecular weight is 247 g/mol. The Morgan fingerprint density at radius 2 is 2.17 bits per heavy atom. The zero-order valence-electron chi connectivity index (χ0n) is 10.8. The molecule has 0 unspecified atom stereocenters. The Morgan fingerprint density at radius 3 is 2.78 bits per heavy atom. The topological polar surface area (TPSA) is 61.8 Å². The Kier molecular flexibility index (Phi) is 4.20. The molecule has 0 aliphatic carbocycles. The molecular formula is C14H21N3O. The molecule has 0 amide bonds. The lowest BCUT2D eigenvalue weighted by atomic mass is 9.99. The molecule has 0 spiro atoms. The maximum Gasteiger partial charge on any atom is 0.170 e. The maximum absolute atomic E-state index is 8.60. The minimum absolute atomic E-state index is 0.160. The first-order chi connectivity index (χ1) is 8.69. The van der Waals surface area contributed by atoms with Crippen LogP contribution in [0.15, 0.2) is 29.4 Å². The van der Waals surface area contributed by atoms with Crippen molar-refractivity contribution in [2.24, 2.45) is 16.8 Å². The number of nitrogens with zero attached hydrogens (tertiary/aromatic N) is 2. The zero-order valence-corrected chi connectivity index (χ0v) is 10.8. The van der Waals surface area contributed by atoms with E-state index in [2.05, 4.69) is 17.0 Å². The third-order valence-corrected chi connectivity index (χ3v) is 3.50. The molecule has 1 aromatic rings. The van der Waals surface area contributed by atoms with Gasteiger partial charge >= 0.3 is 0 Å². The van der Waals surface area contributed by atoms with Crippen molar-refractivity contribution in [2.45, 2.75) is 26.3 Å². The average Bonchev–Trinajstić information content (AvgIpc) is 2.39. The van der Waals surface area contributed by atoms with Crippen LogP contribution in [0, 0.1) is 5.92 Å². The summed E-state index contributed by atoms with van der Waals surface area (Å²) in [7, 11) is 0. The van der Waals surface area contributed by atoms with Gasteiger partial charge in [0.25, 0.3) is 0 Å². The normalized spacial score (nSPS) is 22.1. The molecule has 0 saturated carbocycles. The Bertz CT molecular complexity index is 414. The van der Waals surface area contributed by atoms with Gasteiger partial charge in [-0.1, -0.05) is 36.3 Å². The summed E-state index contributed by atoms with van der Waals surface area (Å²) < 4.78 is 0. The monoisotopic (exact) mass is 247 g/mol. The first-order valence-electron chi connectivity index (χ1n) is 6.48. The van der Waals surface area contributed by atoms with E-state index < -0.39 is 0 Å². The first-order valence-corrected chi connectivity index (χ1v) is 6.48. The van der Waals surface area contributed by atoms with Gasteiger partial charge in [-0.3, -0.25) is 4.90 Å². The standard InChI is InChI=1S/C14H21N3O/c1-11-3-2-8-17(9-11)10-12-4-6-13(7-5-12)14(15)16-18/h4-7,11,18H,2-3,8-10H2,1H3,(H2,15,16)/t11-/m1/s1. The van der Waals surface area contributed by atoms with Crippen LogP contribution in [0.5, 0.6) is 0 Å². The number of piperidine rings is 1. The smallest absolute Gasteiger partial charge is 0.170 e. The molecule has 1 aliphatic rings. The highest BCUT2D eigenvalue weighted by atomic mass is 16.4. The lowest BCUT2D eigenvalue weighted by Gasteiger charge is -2.30. The third kappa shape index (κ3) is 3.23. The fourth-order valence-electron chi connectivity index (χ4n) is 2.53. The van der Waals surface area contributed by atoms with Gasteiger partial charge in [-0.15, -0.1) is 0 Å². The van der Waals surface area contributed by atoms with Crippen molar-refractivity contribution in [3.05, 3.63) is 35.4 Å². The van der Waals surface area contributed by atoms with E-state index in [1.165, 1.54) is 31.5 Å². The number of nitrogens with two attached hydrogens (primary N) is 1. The van der Waals surface area contributed by atoms with Gasteiger partial charge in [0.05, 0.1) is 0 Å². The number of hydrogen-bond donors (Lipinski definition) is 2. The van der Waals surface area contributed by atoms with Crippen molar-refractivity contribution in [1.29, 1.82) is 0 Å². The molecule has 2 rings (SSSR count). The van der Waals surface area contributed by atoms with Gasteiger partial charge in [0.1, 0.15) is 0 Å². The van der Waals surface area contributed by atoms with E-state index in [0.29, 0.717) is 0 Å². The summed E-state index contributed by atoms with van der Waals surface area (Å²) in [5, 5.41) is 11.6. The SMILES string of the molecule is C[C@@H]1CCCN(Cc2ccc(/C(N)=N\O)cc2)C1. The summed E-state index contributed by atoms with van der Waals surface area (Å²) in [4.78, 5) is 2.49. The maximum atomic E-state index is 8.60. The van der Waals surface area contributed by atoms with Gasteiger partial charge in [-0.05, 0) is 30.9 Å². The van der Waals surface area contributed by atoms with Gasteiger partial charge in [-0.25, -0.2) is 0 Å². The van der Waals surface area contributed by atoms with Crippen LogP contribution in [0.2, 0.25) is 0 Å². The minimum Gasteiger partial charge on any atom is -0.409 e. The Hall–Kier alpha value is -1.55. The molecule has 4 heteroatoms. The predicted molar refractivity (Wildman–Crippen MR) is 72.6 cm³/mol. The van der Waals surface area contributed by atoms with Crippen LogP contribution in [0.25, 0.3) is 0 Å². The molecule has 18 heavy (non-hydrogen) atoms. The van der Waals surface area contributed by atoms with Gasteiger partial charge in [0.2, 0.25) is 0 Å². The lowest BCUT2D eigenvalue weighted by Crippen LogP contribution is -2.33. The summed E-state index contributed by atoms with van der Waals surface area (Å²) in [5.74, 6) is 0.961. The highest BCUT2D eigenvalue weighted by Crippen LogP contribution is 2.18. The number of amidine groups is 1. The molecule has 98 valence electrons. The highest BCUT2D eigenvalue weighted by molar-refractivity contribution is 5.96. The Morgan fingerprint density at radius 1 is 1.44 bits per heavy atom. The number of hydrogen-bond acceptors (Lipinski definition) is 3. The van der Waals surface area contributed by atoms with E-state index in [0.717, 1.165) is 18.0 Å². The van der Waals surface area contributed by atoms with E-state index in [-0.39, 0.29) is 5.84 Å². The van der Waals surface area contributed by atoms with Gasteiger partial charge < -0.3 is 10.9 Å². The molecule has 1 saturated heterocycles. The second-order valence-corrected chi connectivity index (χ2v) is 5.16. The number of oxime groups is 1. The molecular weight excluding hydrogens is 226 g/mol. The summed E-state index contributed by atoms with van der Waals surface area (Å²) in [6.07, 6.45) is 2.64. The number of likely N-dealkylation sites (tertiary alicyclic amines) is 1. The van der Waals surface area contributed by atoms with Crippen molar-refractivity contribution in [3.63, 3.8) is 0 Å². The van der Waals surface area contributed by atoms with Crippen LogP contribution < -0.4 is 5.73 Å². The fraction of sp³-hybridized carbons (Fsp3) is 0.500. The van der Waals surface area contributed by atoms with Crippen molar-refractivity contribution >= 4 is 5.84 Å². The van der Waals surface area contributed by atoms with E-state index in [4.69, 9.17) is 10.9 Å². The molecule has 1 fully saturated rings. The van der Waals surface area contributed by atoms with Crippen LogP contribution >= 0.6 is 0 Å². The minimum atomic E-state index is 0.160. The molecule has 1 heterocycles. The second kappa shape index (κ2) is 5.87. The first kappa shape index (κ1) is 12.9. The molecule has 1 atom stereocenters. The summed E-state index contributed by atoms with van der Waals surface area (Å²) in [6, 6.07) is 7.90. The van der Waals surface area contributed by atoms with Crippen LogP contribution in [0.4, 0.5) is 0 Å². The van der Waals surface area contributed by atoms with Gasteiger partial charge in [0.15, 0.2) is 5.84 Å². The van der Waals surface area contributed by atoms with Gasteiger partial charge in [-0.2, -0.15) is 0 Å². The molecule has 0 aromatic heterocycles. The van der Waals surface area contributed by atoms with Crippen LogP contribution in [0.3, 0.4) is 0 Å². The van der Waals surface area contributed by atoms with E-state index >= 15 is 0 Å². The van der Waals surface area contributed by atoms with Gasteiger partial charge in [0, 0.05) is 18.7 Å².